The zero-order valence-corrected chi connectivity index (χ0v) is 29.1. The molecule has 0 aliphatic carbocycles. The highest BCUT2D eigenvalue weighted by atomic mass is 32.2. The van der Waals surface area contributed by atoms with Crippen molar-refractivity contribution in [1.82, 2.24) is 4.90 Å². The van der Waals surface area contributed by atoms with Crippen molar-refractivity contribution in [3.05, 3.63) is 160 Å². The minimum atomic E-state index is -0.637. The van der Waals surface area contributed by atoms with Crippen molar-refractivity contribution in [1.29, 1.82) is 0 Å². The maximum absolute atomic E-state index is 14.2. The van der Waals surface area contributed by atoms with Crippen molar-refractivity contribution in [3.63, 3.8) is 0 Å². The summed E-state index contributed by atoms with van der Waals surface area (Å²) in [5, 5.41) is 8.06. The number of ether oxygens (including phenoxy) is 1. The molecule has 1 aromatic heterocycles. The molecule has 0 fully saturated rings. The minimum Gasteiger partial charge on any atom is -0.465 e. The number of carbonyl (C=O) groups excluding carboxylic acids is 3. The Kier molecular flexibility index (Phi) is 10.1. The fraction of sp³-hybridized carbons (Fsp3) is 0.146. The minimum absolute atomic E-state index is 0.213. The first-order valence-electron chi connectivity index (χ1n) is 16.4. The number of methoxy groups -OCH3 is 1. The van der Waals surface area contributed by atoms with Crippen molar-refractivity contribution < 1.29 is 19.1 Å². The molecule has 2 amide bonds. The Bertz CT molecular complexity index is 2170. The van der Waals surface area contributed by atoms with Crippen molar-refractivity contribution >= 4 is 62.3 Å². The van der Waals surface area contributed by atoms with Gasteiger partial charge in [-0.3, -0.25) is 14.5 Å². The largest absolute Gasteiger partial charge is 0.465 e. The van der Waals surface area contributed by atoms with Crippen LogP contribution < -0.4 is 10.6 Å². The molecule has 0 bridgehead atoms. The third-order valence-electron chi connectivity index (χ3n) is 8.71. The molecule has 2 N–H and O–H groups in total. The Morgan fingerprint density at radius 2 is 1.56 bits per heavy atom. The summed E-state index contributed by atoms with van der Waals surface area (Å²) in [6, 6.07) is 40.9. The van der Waals surface area contributed by atoms with E-state index in [1.165, 1.54) is 35.8 Å². The molecule has 0 radical (unpaired) electrons. The number of benzene rings is 5. The molecule has 9 heteroatoms. The van der Waals surface area contributed by atoms with Crippen LogP contribution in [-0.2, 0) is 29.0 Å². The van der Waals surface area contributed by atoms with Crippen LogP contribution in [0.3, 0.4) is 0 Å². The Hall–Kier alpha value is -5.22. The number of thiophene rings is 1. The number of amides is 2. The SMILES string of the molecule is COC(=O)c1c(NC(=O)C(Sc2cccc(NC(=O)c3ccc4ccccc4c3)c2)c2ccccc2)sc2c1CCN(Cc1ccccc1)C2. The Morgan fingerprint density at radius 3 is 2.34 bits per heavy atom. The van der Waals surface area contributed by atoms with E-state index >= 15 is 0 Å². The molecular weight excluding hydrogens is 663 g/mol. The Labute approximate surface area is 299 Å². The van der Waals surface area contributed by atoms with Gasteiger partial charge < -0.3 is 15.4 Å². The van der Waals surface area contributed by atoms with Crippen LogP contribution in [-0.4, -0.2) is 36.3 Å². The second kappa shape index (κ2) is 15.1. The molecule has 7 rings (SSSR count). The van der Waals surface area contributed by atoms with Gasteiger partial charge in [0.05, 0.1) is 12.7 Å². The lowest BCUT2D eigenvalue weighted by Crippen LogP contribution is -2.29. The van der Waals surface area contributed by atoms with Crippen molar-refractivity contribution in [2.75, 3.05) is 24.3 Å². The van der Waals surface area contributed by atoms with Crippen LogP contribution in [0.5, 0.6) is 0 Å². The van der Waals surface area contributed by atoms with Crippen LogP contribution in [0.1, 0.15) is 47.5 Å². The summed E-state index contributed by atoms with van der Waals surface area (Å²) in [6.07, 6.45) is 0.688. The Morgan fingerprint density at radius 1 is 0.820 bits per heavy atom. The lowest BCUT2D eigenvalue weighted by Gasteiger charge is -2.27. The highest BCUT2D eigenvalue weighted by molar-refractivity contribution is 8.00. The van der Waals surface area contributed by atoms with Gasteiger partial charge in [-0.25, -0.2) is 4.79 Å². The molecule has 1 atom stereocenters. The number of rotatable bonds is 10. The van der Waals surface area contributed by atoms with Crippen LogP contribution in [0.2, 0.25) is 0 Å². The molecule has 0 saturated carbocycles. The van der Waals surface area contributed by atoms with E-state index in [1.54, 1.807) is 0 Å². The number of hydrogen-bond donors (Lipinski definition) is 2. The maximum Gasteiger partial charge on any atom is 0.341 e. The lowest BCUT2D eigenvalue weighted by molar-refractivity contribution is -0.115. The number of nitrogens with one attached hydrogen (secondary N) is 2. The quantitative estimate of drug-likeness (QED) is 0.110. The summed E-state index contributed by atoms with van der Waals surface area (Å²) >= 11 is 2.83. The van der Waals surface area contributed by atoms with E-state index in [4.69, 9.17) is 4.74 Å². The number of nitrogens with zero attached hydrogens (tertiary/aromatic N) is 1. The average Bonchev–Trinajstić information content (AvgIpc) is 3.51. The van der Waals surface area contributed by atoms with Gasteiger partial charge in [-0.2, -0.15) is 0 Å². The van der Waals surface area contributed by atoms with Gasteiger partial charge in [-0.05, 0) is 64.2 Å². The van der Waals surface area contributed by atoms with Crippen LogP contribution in [0.25, 0.3) is 10.8 Å². The van der Waals surface area contributed by atoms with Crippen molar-refractivity contribution in [3.8, 4) is 0 Å². The topological polar surface area (TPSA) is 87.7 Å². The monoisotopic (exact) mass is 697 g/mol. The van der Waals surface area contributed by atoms with Crippen LogP contribution in [0.15, 0.2) is 132 Å². The number of fused-ring (bicyclic) bond motifs is 2. The van der Waals surface area contributed by atoms with E-state index in [2.05, 4.69) is 27.7 Å². The van der Waals surface area contributed by atoms with E-state index in [9.17, 15) is 14.4 Å². The third kappa shape index (κ3) is 7.50. The molecule has 0 spiro atoms. The van der Waals surface area contributed by atoms with Crippen LogP contribution in [0, 0.1) is 0 Å². The van der Waals surface area contributed by atoms with Gasteiger partial charge >= 0.3 is 5.97 Å². The smallest absolute Gasteiger partial charge is 0.341 e. The van der Waals surface area contributed by atoms with E-state index in [0.29, 0.717) is 34.8 Å². The molecule has 250 valence electrons. The number of anilines is 2. The predicted molar refractivity (Wildman–Crippen MR) is 202 cm³/mol. The summed E-state index contributed by atoms with van der Waals surface area (Å²) < 4.78 is 5.21. The predicted octanol–water partition coefficient (Wildman–Crippen LogP) is 8.97. The van der Waals surface area contributed by atoms with Gasteiger partial charge in [0.2, 0.25) is 5.91 Å². The zero-order chi connectivity index (χ0) is 34.5. The van der Waals surface area contributed by atoms with Crippen molar-refractivity contribution in [2.45, 2.75) is 29.7 Å². The second-order valence-corrected chi connectivity index (χ2v) is 14.4. The van der Waals surface area contributed by atoms with E-state index < -0.39 is 11.2 Å². The van der Waals surface area contributed by atoms with E-state index in [0.717, 1.165) is 44.8 Å². The molecular formula is C41H35N3O4S2. The first-order chi connectivity index (χ1) is 24.4. The fourth-order valence-electron chi connectivity index (χ4n) is 6.23. The van der Waals surface area contributed by atoms with Gasteiger partial charge in [-0.1, -0.05) is 97.1 Å². The molecule has 1 unspecified atom stereocenters. The molecule has 2 heterocycles. The van der Waals surface area contributed by atoms with E-state index in [1.807, 2.05) is 115 Å². The molecule has 1 aliphatic heterocycles. The van der Waals surface area contributed by atoms with Gasteiger partial charge in [-0.15, -0.1) is 23.1 Å². The summed E-state index contributed by atoms with van der Waals surface area (Å²) in [5.74, 6) is -0.917. The maximum atomic E-state index is 14.2. The average molecular weight is 698 g/mol. The summed E-state index contributed by atoms with van der Waals surface area (Å²) in [7, 11) is 1.37. The van der Waals surface area contributed by atoms with E-state index in [-0.39, 0.29) is 11.8 Å². The number of thioether (sulfide) groups is 1. The molecule has 6 aromatic rings. The lowest BCUT2D eigenvalue weighted by atomic mass is 10.0. The standard InChI is InChI=1S/C41H35N3O4S2/c1-48-41(47)36-34-21-22-44(25-27-11-4-2-5-12-27)26-35(34)50-40(36)43-39(46)37(29-14-6-3-7-15-29)49-33-18-10-17-32(24-33)42-38(45)31-20-19-28-13-8-9-16-30(28)23-31/h2-20,23-24,37H,21-22,25-26H2,1H3,(H,42,45)(H,43,46). The number of hydrogen-bond acceptors (Lipinski definition) is 7. The highest BCUT2D eigenvalue weighted by Crippen LogP contribution is 2.41. The Balaban J connectivity index is 1.11. The third-order valence-corrected chi connectivity index (χ3v) is 11.1. The summed E-state index contributed by atoms with van der Waals surface area (Å²) in [6.45, 7) is 2.29. The van der Waals surface area contributed by atoms with Crippen molar-refractivity contribution in [2.24, 2.45) is 0 Å². The number of carbonyl (C=O) groups is 3. The molecule has 7 nitrogen and oxygen atoms in total. The summed E-state index contributed by atoms with van der Waals surface area (Å²) in [5.41, 5.74) is 4.62. The van der Waals surface area contributed by atoms with Gasteiger partial charge in [0.25, 0.3) is 5.91 Å². The molecule has 1 aliphatic rings. The number of esters is 1. The molecule has 0 saturated heterocycles. The van der Waals surface area contributed by atoms with Gasteiger partial charge in [0.1, 0.15) is 10.3 Å². The fourth-order valence-corrected chi connectivity index (χ4v) is 8.60. The first-order valence-corrected chi connectivity index (χ1v) is 18.1. The van der Waals surface area contributed by atoms with Crippen LogP contribution in [0.4, 0.5) is 10.7 Å². The van der Waals surface area contributed by atoms with Gasteiger partial charge in [0.15, 0.2) is 0 Å². The van der Waals surface area contributed by atoms with Crippen LogP contribution >= 0.6 is 23.1 Å². The highest BCUT2D eigenvalue weighted by Gasteiger charge is 2.31. The normalized spacial score (nSPS) is 13.3. The second-order valence-electron chi connectivity index (χ2n) is 12.1. The summed E-state index contributed by atoms with van der Waals surface area (Å²) in [4.78, 5) is 44.7. The zero-order valence-electron chi connectivity index (χ0n) is 27.4. The first kappa shape index (κ1) is 33.3. The molecule has 50 heavy (non-hydrogen) atoms. The van der Waals surface area contributed by atoms with Gasteiger partial charge in [0, 0.05) is 40.7 Å². The molecule has 5 aromatic carbocycles.